The van der Waals surface area contributed by atoms with E-state index < -0.39 is 0 Å². The maximum absolute atomic E-state index is 11.7. The Morgan fingerprint density at radius 3 is 2.82 bits per heavy atom. The number of rotatable bonds is 6. The molecule has 1 saturated heterocycles. The van der Waals surface area contributed by atoms with Crippen molar-refractivity contribution in [3.63, 3.8) is 0 Å². The quantitative estimate of drug-likeness (QED) is 0.770. The number of ether oxygens (including phenoxy) is 1. The minimum Gasteiger partial charge on any atom is -0.385 e. The van der Waals surface area contributed by atoms with Crippen LogP contribution in [-0.2, 0) is 9.53 Å². The van der Waals surface area contributed by atoms with Gasteiger partial charge in [0.15, 0.2) is 0 Å². The molecular formula is C11H23ClN2O2S. The number of halogens is 1. The van der Waals surface area contributed by atoms with E-state index in [-0.39, 0.29) is 29.8 Å². The molecule has 0 aromatic carbocycles. The first kappa shape index (κ1) is 17.0. The zero-order chi connectivity index (χ0) is 12.0. The third-order valence-corrected chi connectivity index (χ3v) is 3.70. The van der Waals surface area contributed by atoms with Gasteiger partial charge in [0.25, 0.3) is 0 Å². The molecule has 1 aliphatic rings. The first-order chi connectivity index (χ1) is 7.55. The molecule has 0 aromatic heterocycles. The molecule has 0 bridgehead atoms. The number of methoxy groups -OCH3 is 1. The molecule has 0 aromatic rings. The summed E-state index contributed by atoms with van der Waals surface area (Å²) in [6.07, 6.45) is 0.955. The summed E-state index contributed by atoms with van der Waals surface area (Å²) in [6.45, 7) is 5.73. The molecule has 1 fully saturated rings. The van der Waals surface area contributed by atoms with Crippen molar-refractivity contribution in [2.75, 3.05) is 31.9 Å². The van der Waals surface area contributed by atoms with Crippen molar-refractivity contribution < 1.29 is 9.53 Å². The molecule has 2 N–H and O–H groups in total. The fraction of sp³-hybridized carbons (Fsp3) is 0.909. The molecule has 102 valence electrons. The van der Waals surface area contributed by atoms with Crippen molar-refractivity contribution in [3.05, 3.63) is 0 Å². The van der Waals surface area contributed by atoms with Crippen LogP contribution in [0.15, 0.2) is 0 Å². The Labute approximate surface area is 114 Å². The molecule has 1 unspecified atom stereocenters. The lowest BCUT2D eigenvalue weighted by Crippen LogP contribution is -2.45. The molecular weight excluding hydrogens is 260 g/mol. The van der Waals surface area contributed by atoms with Crippen molar-refractivity contribution in [1.29, 1.82) is 0 Å². The average Bonchev–Trinajstić information content (AvgIpc) is 2.77. The molecule has 1 amide bonds. The van der Waals surface area contributed by atoms with Gasteiger partial charge in [-0.25, -0.2) is 0 Å². The smallest absolute Gasteiger partial charge is 0.238 e. The van der Waals surface area contributed by atoms with E-state index in [1.54, 1.807) is 18.9 Å². The summed E-state index contributed by atoms with van der Waals surface area (Å²) in [5, 5.41) is 6.17. The highest BCUT2D eigenvalue weighted by Crippen LogP contribution is 2.19. The van der Waals surface area contributed by atoms with Crippen LogP contribution in [0.25, 0.3) is 0 Å². The van der Waals surface area contributed by atoms with Gasteiger partial charge in [0.1, 0.15) is 0 Å². The summed E-state index contributed by atoms with van der Waals surface area (Å²) < 4.78 is 5.06. The number of thioether (sulfide) groups is 1. The first-order valence-corrected chi connectivity index (χ1v) is 6.78. The molecule has 4 nitrogen and oxygen atoms in total. The lowest BCUT2D eigenvalue weighted by atomic mass is 9.89. The minimum absolute atomic E-state index is 0. The summed E-state index contributed by atoms with van der Waals surface area (Å²) in [5.74, 6) is 1.88. The van der Waals surface area contributed by atoms with Crippen LogP contribution < -0.4 is 10.6 Å². The van der Waals surface area contributed by atoms with Gasteiger partial charge in [-0.05, 0) is 11.8 Å². The van der Waals surface area contributed by atoms with E-state index >= 15 is 0 Å². The number of carbonyl (C=O) groups excluding carboxylic acids is 1. The van der Waals surface area contributed by atoms with E-state index in [9.17, 15) is 4.79 Å². The Kier molecular flexibility index (Phi) is 8.20. The molecule has 1 rings (SSSR count). The van der Waals surface area contributed by atoms with Gasteiger partial charge in [-0.3, -0.25) is 10.1 Å². The maximum Gasteiger partial charge on any atom is 0.238 e. The Hall–Kier alpha value is 0.0300. The maximum atomic E-state index is 11.7. The third-order valence-electron chi connectivity index (χ3n) is 2.76. The Morgan fingerprint density at radius 2 is 2.29 bits per heavy atom. The molecule has 6 heteroatoms. The topological polar surface area (TPSA) is 50.4 Å². The Morgan fingerprint density at radius 1 is 1.59 bits per heavy atom. The lowest BCUT2D eigenvalue weighted by Gasteiger charge is -2.25. The predicted molar refractivity (Wildman–Crippen MR) is 74.8 cm³/mol. The number of carbonyl (C=O) groups is 1. The highest BCUT2D eigenvalue weighted by Gasteiger charge is 2.24. The average molecular weight is 283 g/mol. The van der Waals surface area contributed by atoms with Crippen molar-refractivity contribution in [1.82, 2.24) is 10.6 Å². The van der Waals surface area contributed by atoms with Gasteiger partial charge in [-0.2, -0.15) is 0 Å². The van der Waals surface area contributed by atoms with E-state index in [0.717, 1.165) is 24.7 Å². The summed E-state index contributed by atoms with van der Waals surface area (Å²) in [7, 11) is 1.70. The van der Waals surface area contributed by atoms with Crippen molar-refractivity contribution in [2.45, 2.75) is 26.3 Å². The lowest BCUT2D eigenvalue weighted by molar-refractivity contribution is -0.122. The van der Waals surface area contributed by atoms with Gasteiger partial charge in [-0.1, -0.05) is 13.8 Å². The van der Waals surface area contributed by atoms with Crippen LogP contribution in [0.4, 0.5) is 0 Å². The van der Waals surface area contributed by atoms with E-state index in [4.69, 9.17) is 4.74 Å². The van der Waals surface area contributed by atoms with Gasteiger partial charge in [0.05, 0.1) is 6.04 Å². The summed E-state index contributed by atoms with van der Waals surface area (Å²) in [5.41, 5.74) is 0.0947. The van der Waals surface area contributed by atoms with E-state index in [0.29, 0.717) is 6.54 Å². The van der Waals surface area contributed by atoms with E-state index in [2.05, 4.69) is 24.5 Å². The van der Waals surface area contributed by atoms with Crippen LogP contribution in [0.1, 0.15) is 20.3 Å². The second kappa shape index (κ2) is 8.19. The molecule has 0 aliphatic carbocycles. The molecule has 17 heavy (non-hydrogen) atoms. The van der Waals surface area contributed by atoms with E-state index in [1.165, 1.54) is 0 Å². The number of hydrogen-bond donors (Lipinski definition) is 2. The summed E-state index contributed by atoms with van der Waals surface area (Å²) in [4.78, 5) is 11.7. The second-order valence-corrected chi connectivity index (χ2v) is 5.93. The van der Waals surface area contributed by atoms with Crippen LogP contribution in [0.3, 0.4) is 0 Å². The van der Waals surface area contributed by atoms with Crippen LogP contribution in [-0.4, -0.2) is 43.8 Å². The van der Waals surface area contributed by atoms with Gasteiger partial charge >= 0.3 is 0 Å². The van der Waals surface area contributed by atoms with Crippen LogP contribution >= 0.6 is 24.2 Å². The monoisotopic (exact) mass is 282 g/mol. The van der Waals surface area contributed by atoms with Crippen molar-refractivity contribution in [2.24, 2.45) is 5.41 Å². The predicted octanol–water partition coefficient (Wildman–Crippen LogP) is 1.25. The third kappa shape index (κ3) is 6.50. The number of amides is 1. The van der Waals surface area contributed by atoms with Crippen LogP contribution in [0.2, 0.25) is 0 Å². The summed E-state index contributed by atoms with van der Waals surface area (Å²) >= 11 is 1.77. The fourth-order valence-corrected chi connectivity index (χ4v) is 2.42. The highest BCUT2D eigenvalue weighted by molar-refractivity contribution is 7.99. The van der Waals surface area contributed by atoms with Crippen molar-refractivity contribution >= 4 is 30.1 Å². The minimum atomic E-state index is -0.0109. The van der Waals surface area contributed by atoms with Crippen LogP contribution in [0, 0.1) is 5.41 Å². The largest absolute Gasteiger partial charge is 0.385 e. The fourth-order valence-electron chi connectivity index (χ4n) is 1.48. The van der Waals surface area contributed by atoms with Gasteiger partial charge in [0, 0.05) is 31.9 Å². The molecule has 1 aliphatic heterocycles. The normalized spacial score (nSPS) is 19.8. The molecule has 0 spiro atoms. The Bertz CT molecular complexity index is 234. The van der Waals surface area contributed by atoms with Gasteiger partial charge in [-0.15, -0.1) is 24.2 Å². The summed E-state index contributed by atoms with van der Waals surface area (Å²) in [6, 6.07) is -0.0109. The standard InChI is InChI=1S/C11H22N2O2S.ClH/c1-11(2,4-5-15-3)7-12-10(14)9-6-16-8-13-9;/h9,13H,4-8H2,1-3H3,(H,12,14);1H. The van der Waals surface area contributed by atoms with E-state index in [1.807, 2.05) is 0 Å². The first-order valence-electron chi connectivity index (χ1n) is 5.63. The molecule has 1 heterocycles. The van der Waals surface area contributed by atoms with Crippen LogP contribution in [0.5, 0.6) is 0 Å². The second-order valence-electron chi connectivity index (χ2n) is 4.90. The molecule has 0 saturated carbocycles. The number of nitrogens with one attached hydrogen (secondary N) is 2. The van der Waals surface area contributed by atoms with Gasteiger partial charge in [0.2, 0.25) is 5.91 Å². The molecule has 1 atom stereocenters. The zero-order valence-corrected chi connectivity index (χ0v) is 12.4. The number of hydrogen-bond acceptors (Lipinski definition) is 4. The Balaban J connectivity index is 0.00000256. The van der Waals surface area contributed by atoms with Crippen molar-refractivity contribution in [3.8, 4) is 0 Å². The highest BCUT2D eigenvalue weighted by atomic mass is 35.5. The molecule has 0 radical (unpaired) electrons. The van der Waals surface area contributed by atoms with Gasteiger partial charge < -0.3 is 10.1 Å². The SMILES string of the molecule is COCCC(C)(C)CNC(=O)C1CSCN1.Cl. The zero-order valence-electron chi connectivity index (χ0n) is 10.7.